The minimum Gasteiger partial charge on any atom is -0.349 e. The van der Waals surface area contributed by atoms with E-state index < -0.39 is 0 Å². The molecule has 0 saturated carbocycles. The van der Waals surface area contributed by atoms with Crippen molar-refractivity contribution in [1.29, 1.82) is 0 Å². The summed E-state index contributed by atoms with van der Waals surface area (Å²) in [4.78, 5) is 11.8. The summed E-state index contributed by atoms with van der Waals surface area (Å²) in [5, 5.41) is 1.85. The summed E-state index contributed by atoms with van der Waals surface area (Å²) < 4.78 is 0. The molecule has 0 spiro atoms. The molecule has 0 aromatic carbocycles. The molecular formula is C17H31N3S. The third kappa shape index (κ3) is 4.24. The Morgan fingerprint density at radius 1 is 1.43 bits per heavy atom. The van der Waals surface area contributed by atoms with Crippen LogP contribution in [0.5, 0.6) is 0 Å². The van der Waals surface area contributed by atoms with E-state index in [0.717, 1.165) is 24.8 Å². The molecule has 4 heteroatoms. The zero-order valence-corrected chi connectivity index (χ0v) is 14.9. The average Bonchev–Trinajstić information content (AvgIpc) is 2.52. The molecule has 2 heterocycles. The zero-order chi connectivity index (χ0) is 15.2. The van der Waals surface area contributed by atoms with Crippen molar-refractivity contribution in [2.45, 2.75) is 64.2 Å². The predicted octanol–water partition coefficient (Wildman–Crippen LogP) is 4.09. The highest BCUT2D eigenvalue weighted by Crippen LogP contribution is 2.34. The topological polar surface area (TPSA) is 28.0 Å². The highest BCUT2D eigenvalue weighted by Gasteiger charge is 2.31. The van der Waals surface area contributed by atoms with Crippen LogP contribution in [0.2, 0.25) is 0 Å². The van der Waals surface area contributed by atoms with Crippen molar-refractivity contribution >= 4 is 23.1 Å². The molecule has 0 aromatic rings. The lowest BCUT2D eigenvalue weighted by atomic mass is 9.88. The van der Waals surface area contributed by atoms with Crippen LogP contribution in [-0.2, 0) is 0 Å². The molecule has 1 saturated heterocycles. The van der Waals surface area contributed by atoms with Crippen LogP contribution in [0.1, 0.15) is 52.9 Å². The Labute approximate surface area is 134 Å². The largest absolute Gasteiger partial charge is 0.349 e. The Morgan fingerprint density at radius 2 is 2.24 bits per heavy atom. The number of likely N-dealkylation sites (tertiary alicyclic amines) is 1. The summed E-state index contributed by atoms with van der Waals surface area (Å²) in [6, 6.07) is 0.689. The number of hydrogen-bond acceptors (Lipinski definition) is 3. The Balaban J connectivity index is 2.05. The van der Waals surface area contributed by atoms with E-state index in [1.165, 1.54) is 37.4 Å². The number of hydrogen-bond donors (Lipinski definition) is 0. The fourth-order valence-corrected chi connectivity index (χ4v) is 5.06. The summed E-state index contributed by atoms with van der Waals surface area (Å²) >= 11 is 1.99. The van der Waals surface area contributed by atoms with Crippen LogP contribution in [0.25, 0.3) is 0 Å². The lowest BCUT2D eigenvalue weighted by molar-refractivity contribution is 0.239. The molecule has 2 aliphatic rings. The first-order valence-corrected chi connectivity index (χ1v) is 9.43. The second-order valence-electron chi connectivity index (χ2n) is 6.61. The molecule has 0 aliphatic carbocycles. The van der Waals surface area contributed by atoms with Gasteiger partial charge in [0.25, 0.3) is 0 Å². The van der Waals surface area contributed by atoms with Gasteiger partial charge >= 0.3 is 0 Å². The van der Waals surface area contributed by atoms with Gasteiger partial charge in [0.15, 0.2) is 5.17 Å². The van der Waals surface area contributed by atoms with Crippen molar-refractivity contribution in [3.05, 3.63) is 0 Å². The Hall–Kier alpha value is -0.510. The van der Waals surface area contributed by atoms with Crippen LogP contribution < -0.4 is 0 Å². The summed E-state index contributed by atoms with van der Waals surface area (Å²) in [7, 11) is 1.96. The van der Waals surface area contributed by atoms with E-state index in [0.29, 0.717) is 11.3 Å². The Kier molecular flexibility index (Phi) is 6.59. The van der Waals surface area contributed by atoms with E-state index in [1.54, 1.807) is 0 Å². The van der Waals surface area contributed by atoms with E-state index in [4.69, 9.17) is 0 Å². The predicted molar refractivity (Wildman–Crippen MR) is 95.7 cm³/mol. The van der Waals surface area contributed by atoms with Gasteiger partial charge in [0, 0.05) is 24.9 Å². The van der Waals surface area contributed by atoms with Crippen LogP contribution >= 0.6 is 11.8 Å². The normalized spacial score (nSPS) is 31.0. The van der Waals surface area contributed by atoms with Crippen LogP contribution in [-0.4, -0.2) is 47.7 Å². The number of amidine groups is 1. The average molecular weight is 310 g/mol. The third-order valence-electron chi connectivity index (χ3n) is 4.92. The summed E-state index contributed by atoms with van der Waals surface area (Å²) in [5.74, 6) is 1.45. The second-order valence-corrected chi connectivity index (χ2v) is 7.81. The van der Waals surface area contributed by atoms with Gasteiger partial charge in [0.05, 0.1) is 6.54 Å². The molecule has 0 bridgehead atoms. The molecule has 1 fully saturated rings. The maximum Gasteiger partial charge on any atom is 0.159 e. The van der Waals surface area contributed by atoms with Gasteiger partial charge in [-0.15, -0.1) is 0 Å². The molecule has 2 aliphatic heterocycles. The number of thioether (sulfide) groups is 1. The highest BCUT2D eigenvalue weighted by atomic mass is 32.2. The molecule has 0 amide bonds. The van der Waals surface area contributed by atoms with Crippen LogP contribution in [0, 0.1) is 11.8 Å². The molecule has 0 aromatic heterocycles. The van der Waals surface area contributed by atoms with Gasteiger partial charge in [-0.2, -0.15) is 0 Å². The summed E-state index contributed by atoms with van der Waals surface area (Å²) in [5.41, 5.74) is 0. The number of aliphatic imine (C=N–C) groups is 2. The molecule has 1 unspecified atom stereocenters. The molecule has 2 rings (SSSR count). The van der Waals surface area contributed by atoms with Gasteiger partial charge < -0.3 is 4.90 Å². The standard InChI is InChI=1S/C17H31N3S/c1-5-14-8-6-7-11-20(14)17(18-4)21-16-12-19-10-9-15(16)13(2)3/h10,13-16H,5-9,11-12H2,1-4H3/t14-,15+,16?/m1/s1. The molecule has 0 radical (unpaired) electrons. The fourth-order valence-electron chi connectivity index (χ4n) is 3.55. The molecule has 3 atom stereocenters. The third-order valence-corrected chi connectivity index (χ3v) is 6.35. The van der Waals surface area contributed by atoms with E-state index in [-0.39, 0.29) is 0 Å². The maximum absolute atomic E-state index is 4.65. The Bertz CT molecular complexity index is 378. The lowest BCUT2D eigenvalue weighted by Crippen LogP contribution is -2.43. The molecule has 21 heavy (non-hydrogen) atoms. The SMILES string of the molecule is CC[C@@H]1CCCCN1C(=NC)SC1CN=CC[C@H]1C(C)C. The first-order chi connectivity index (χ1) is 10.2. The number of piperidine rings is 1. The van der Waals surface area contributed by atoms with Gasteiger partial charge in [0.1, 0.15) is 0 Å². The lowest BCUT2D eigenvalue weighted by Gasteiger charge is -2.39. The van der Waals surface area contributed by atoms with Crippen molar-refractivity contribution in [1.82, 2.24) is 4.90 Å². The van der Waals surface area contributed by atoms with Crippen molar-refractivity contribution in [2.75, 3.05) is 20.1 Å². The minimum absolute atomic E-state index is 0.591. The highest BCUT2D eigenvalue weighted by molar-refractivity contribution is 8.14. The van der Waals surface area contributed by atoms with Gasteiger partial charge in [0.2, 0.25) is 0 Å². The van der Waals surface area contributed by atoms with Crippen LogP contribution in [0.15, 0.2) is 9.98 Å². The second kappa shape index (κ2) is 8.21. The minimum atomic E-state index is 0.591. The fraction of sp³-hybridized carbons (Fsp3) is 0.882. The monoisotopic (exact) mass is 309 g/mol. The van der Waals surface area contributed by atoms with E-state index in [1.807, 2.05) is 18.8 Å². The number of rotatable bonds is 3. The van der Waals surface area contributed by atoms with E-state index >= 15 is 0 Å². The van der Waals surface area contributed by atoms with Crippen LogP contribution in [0.4, 0.5) is 0 Å². The van der Waals surface area contributed by atoms with Crippen LogP contribution in [0.3, 0.4) is 0 Å². The maximum atomic E-state index is 4.65. The van der Waals surface area contributed by atoms with Gasteiger partial charge in [-0.1, -0.05) is 32.5 Å². The molecule has 120 valence electrons. The van der Waals surface area contributed by atoms with Crippen molar-refractivity contribution in [3.8, 4) is 0 Å². The van der Waals surface area contributed by atoms with Gasteiger partial charge in [-0.3, -0.25) is 9.98 Å². The van der Waals surface area contributed by atoms with Crippen molar-refractivity contribution < 1.29 is 0 Å². The van der Waals surface area contributed by atoms with E-state index in [9.17, 15) is 0 Å². The number of nitrogens with zero attached hydrogens (tertiary/aromatic N) is 3. The van der Waals surface area contributed by atoms with Gasteiger partial charge in [-0.25, -0.2) is 0 Å². The van der Waals surface area contributed by atoms with Gasteiger partial charge in [-0.05, 0) is 50.2 Å². The quantitative estimate of drug-likeness (QED) is 0.580. The first kappa shape index (κ1) is 16.9. The Morgan fingerprint density at radius 3 is 2.90 bits per heavy atom. The molecule has 3 nitrogen and oxygen atoms in total. The molecular weight excluding hydrogens is 278 g/mol. The van der Waals surface area contributed by atoms with Crippen molar-refractivity contribution in [3.63, 3.8) is 0 Å². The summed E-state index contributed by atoms with van der Waals surface area (Å²) in [6.45, 7) is 9.13. The zero-order valence-electron chi connectivity index (χ0n) is 14.1. The first-order valence-electron chi connectivity index (χ1n) is 8.55. The summed E-state index contributed by atoms with van der Waals surface area (Å²) in [6.07, 6.45) is 8.50. The van der Waals surface area contributed by atoms with Crippen molar-refractivity contribution in [2.24, 2.45) is 21.8 Å². The smallest absolute Gasteiger partial charge is 0.159 e. The molecule has 0 N–H and O–H groups in total. The van der Waals surface area contributed by atoms with E-state index in [2.05, 4.69) is 41.9 Å².